The average molecular weight is 581 g/mol. The van der Waals surface area contributed by atoms with E-state index in [4.69, 9.17) is 0 Å². The van der Waals surface area contributed by atoms with E-state index in [2.05, 4.69) is 11.6 Å². The maximum Gasteiger partial charge on any atom is 0.417 e. The van der Waals surface area contributed by atoms with Crippen LogP contribution in [-0.4, -0.2) is 62.8 Å². The molecular weight excluding hydrogens is 559 g/mol. The van der Waals surface area contributed by atoms with Crippen LogP contribution in [0.4, 0.5) is 27.8 Å². The van der Waals surface area contributed by atoms with Gasteiger partial charge in [-0.05, 0) is 24.3 Å². The first-order chi connectivity index (χ1) is 18.6. The number of fused-ring (bicyclic) bond motifs is 1. The van der Waals surface area contributed by atoms with Gasteiger partial charge < -0.3 is 9.80 Å². The first kappa shape index (κ1) is 26.2. The van der Waals surface area contributed by atoms with E-state index in [9.17, 15) is 31.5 Å². The summed E-state index contributed by atoms with van der Waals surface area (Å²) < 4.78 is 73.7. The van der Waals surface area contributed by atoms with Gasteiger partial charge in [-0.3, -0.25) is 9.36 Å². The number of aryl methyl sites for hydroxylation is 1. The predicted molar refractivity (Wildman–Crippen MR) is 141 cm³/mol. The first-order valence-electron chi connectivity index (χ1n) is 12.1. The molecule has 2 atom stereocenters. The Morgan fingerprint density at radius 3 is 2.59 bits per heavy atom. The van der Waals surface area contributed by atoms with E-state index in [1.54, 1.807) is 16.7 Å². The molecule has 13 heteroatoms. The molecule has 204 valence electrons. The molecule has 1 aromatic heterocycles. The molecule has 3 aliphatic heterocycles. The van der Waals surface area contributed by atoms with Crippen LogP contribution < -0.4 is 10.6 Å². The molecule has 2 fully saturated rings. The zero-order valence-electron chi connectivity index (χ0n) is 20.3. The summed E-state index contributed by atoms with van der Waals surface area (Å²) in [6.07, 6.45) is -3.64. The third-order valence-electron chi connectivity index (χ3n) is 7.40. The lowest BCUT2D eigenvalue weighted by Gasteiger charge is -2.45. The largest absolute Gasteiger partial charge is 0.417 e. The fourth-order valence-corrected chi connectivity index (χ4v) is 8.33. The van der Waals surface area contributed by atoms with Gasteiger partial charge in [-0.15, -0.1) is 11.8 Å². The number of nitrogens with zero attached hydrogens (tertiary/aromatic N) is 4. The molecule has 3 aliphatic rings. The van der Waals surface area contributed by atoms with Gasteiger partial charge in [0.05, 0.1) is 23.2 Å². The number of thioether (sulfide) groups is 2. The lowest BCUT2D eigenvalue weighted by atomic mass is 9.95. The molecule has 2 unspecified atom stereocenters. The summed E-state index contributed by atoms with van der Waals surface area (Å²) in [5.74, 6) is -0.617. The fourth-order valence-electron chi connectivity index (χ4n) is 5.71. The Hall–Kier alpha value is -3.06. The topological polar surface area (TPSA) is 58.4 Å². The third-order valence-corrected chi connectivity index (χ3v) is 9.63. The number of carbonyl (C=O) groups excluding carboxylic acids is 1. The Kier molecular flexibility index (Phi) is 6.41. The number of benzene rings is 2. The molecule has 0 radical (unpaired) electrons. The number of alkyl halides is 3. The SMILES string of the molecule is C=CC(=O)N1CCN(c2nc(=O)n3c4c(c(-c5ccc(F)cc5F)c(C(F)(F)F)cc24)SCC3)C2CSCC21. The molecule has 3 aromatic rings. The number of carbonyl (C=O) groups is 1. The van der Waals surface area contributed by atoms with Crippen LogP contribution in [0.2, 0.25) is 0 Å². The maximum atomic E-state index is 14.9. The Labute approximate surface area is 227 Å². The first-order valence-corrected chi connectivity index (χ1v) is 14.3. The number of piperazine rings is 1. The summed E-state index contributed by atoms with van der Waals surface area (Å²) in [7, 11) is 0. The van der Waals surface area contributed by atoms with Gasteiger partial charge in [-0.25, -0.2) is 13.6 Å². The van der Waals surface area contributed by atoms with Gasteiger partial charge in [-0.2, -0.15) is 29.9 Å². The van der Waals surface area contributed by atoms with Crippen LogP contribution in [0.1, 0.15) is 5.56 Å². The second-order valence-corrected chi connectivity index (χ2v) is 11.6. The lowest BCUT2D eigenvalue weighted by Crippen LogP contribution is -2.61. The standard InChI is InChI=1S/C26H21F5N4O2S2/c1-2-20(36)33-5-6-34(19-12-38-11-18(19)33)24-15-10-16(26(29,30)31)21(14-4-3-13(27)9-17(14)28)23-22(15)35(7-8-39-23)25(37)32-24/h2-4,9-10,18-19H,1,5-8,11-12H2. The molecule has 0 aliphatic carbocycles. The van der Waals surface area contributed by atoms with Crippen molar-refractivity contribution in [1.29, 1.82) is 0 Å². The van der Waals surface area contributed by atoms with E-state index in [0.29, 0.717) is 24.1 Å². The molecular formula is C26H21F5N4O2S2. The molecule has 6 rings (SSSR count). The van der Waals surface area contributed by atoms with E-state index >= 15 is 0 Å². The smallest absolute Gasteiger partial charge is 0.348 e. The summed E-state index contributed by atoms with van der Waals surface area (Å²) in [4.78, 5) is 33.6. The van der Waals surface area contributed by atoms with Gasteiger partial charge in [0.25, 0.3) is 0 Å². The molecule has 2 aromatic carbocycles. The summed E-state index contributed by atoms with van der Waals surface area (Å²) in [6.45, 7) is 4.36. The molecule has 0 N–H and O–H groups in total. The lowest BCUT2D eigenvalue weighted by molar-refractivity contribution is -0.137. The Morgan fingerprint density at radius 1 is 1.10 bits per heavy atom. The van der Waals surface area contributed by atoms with Crippen LogP contribution in [0.3, 0.4) is 0 Å². The summed E-state index contributed by atoms with van der Waals surface area (Å²) in [6, 6.07) is 2.90. The highest BCUT2D eigenvalue weighted by molar-refractivity contribution is 7.99. The normalized spacial score (nSPS) is 20.8. The summed E-state index contributed by atoms with van der Waals surface area (Å²) in [5, 5.41) is 0.134. The molecule has 4 heterocycles. The van der Waals surface area contributed by atoms with Crippen LogP contribution in [0.15, 0.2) is 46.6 Å². The van der Waals surface area contributed by atoms with Gasteiger partial charge in [-0.1, -0.05) is 6.58 Å². The van der Waals surface area contributed by atoms with E-state index in [1.807, 2.05) is 4.90 Å². The fraction of sp³-hybridized carbons (Fsp3) is 0.346. The number of aromatic nitrogens is 2. The Morgan fingerprint density at radius 2 is 1.87 bits per heavy atom. The van der Waals surface area contributed by atoms with E-state index in [1.165, 1.54) is 10.6 Å². The van der Waals surface area contributed by atoms with Gasteiger partial charge in [0, 0.05) is 64.4 Å². The van der Waals surface area contributed by atoms with Crippen molar-refractivity contribution in [3.05, 3.63) is 64.6 Å². The minimum atomic E-state index is -4.88. The average Bonchev–Trinajstić information content (AvgIpc) is 3.39. The van der Waals surface area contributed by atoms with E-state index in [-0.39, 0.29) is 58.4 Å². The molecule has 39 heavy (non-hydrogen) atoms. The van der Waals surface area contributed by atoms with Crippen molar-refractivity contribution in [2.75, 3.05) is 35.2 Å². The highest BCUT2D eigenvalue weighted by atomic mass is 32.2. The van der Waals surface area contributed by atoms with Crippen molar-refractivity contribution in [2.45, 2.75) is 29.7 Å². The Balaban J connectivity index is 1.63. The molecule has 0 saturated carbocycles. The van der Waals surface area contributed by atoms with Crippen LogP contribution in [-0.2, 0) is 17.5 Å². The van der Waals surface area contributed by atoms with Crippen molar-refractivity contribution in [3.8, 4) is 11.1 Å². The second-order valence-electron chi connectivity index (χ2n) is 9.47. The molecule has 0 bridgehead atoms. The van der Waals surface area contributed by atoms with Crippen molar-refractivity contribution in [2.24, 2.45) is 0 Å². The van der Waals surface area contributed by atoms with Crippen LogP contribution in [0, 0.1) is 11.6 Å². The number of anilines is 1. The molecule has 0 spiro atoms. The summed E-state index contributed by atoms with van der Waals surface area (Å²) >= 11 is 2.72. The van der Waals surface area contributed by atoms with Crippen molar-refractivity contribution in [1.82, 2.24) is 14.5 Å². The van der Waals surface area contributed by atoms with Gasteiger partial charge >= 0.3 is 11.9 Å². The monoisotopic (exact) mass is 580 g/mol. The minimum Gasteiger partial charge on any atom is -0.348 e. The van der Waals surface area contributed by atoms with Gasteiger partial charge in [0.15, 0.2) is 0 Å². The maximum absolute atomic E-state index is 14.9. The predicted octanol–water partition coefficient (Wildman–Crippen LogP) is 4.78. The van der Waals surface area contributed by atoms with Crippen molar-refractivity contribution >= 4 is 46.2 Å². The molecule has 1 amide bonds. The minimum absolute atomic E-state index is 0.107. The number of amides is 1. The van der Waals surface area contributed by atoms with Crippen LogP contribution in [0.5, 0.6) is 0 Å². The number of rotatable bonds is 3. The molecule has 2 saturated heterocycles. The van der Waals surface area contributed by atoms with Gasteiger partial charge in [0.1, 0.15) is 17.5 Å². The zero-order valence-corrected chi connectivity index (χ0v) is 21.9. The van der Waals surface area contributed by atoms with Crippen LogP contribution in [0.25, 0.3) is 22.0 Å². The van der Waals surface area contributed by atoms with Crippen molar-refractivity contribution < 1.29 is 26.7 Å². The van der Waals surface area contributed by atoms with Crippen LogP contribution >= 0.6 is 23.5 Å². The van der Waals surface area contributed by atoms with Crippen molar-refractivity contribution in [3.63, 3.8) is 0 Å². The number of hydrogen-bond acceptors (Lipinski definition) is 6. The molecule has 6 nitrogen and oxygen atoms in total. The second kappa shape index (κ2) is 9.54. The number of hydrogen-bond donors (Lipinski definition) is 0. The number of halogens is 5. The van der Waals surface area contributed by atoms with Gasteiger partial charge in [0.2, 0.25) is 5.91 Å². The highest BCUT2D eigenvalue weighted by Gasteiger charge is 2.44. The third kappa shape index (κ3) is 4.21. The summed E-state index contributed by atoms with van der Waals surface area (Å²) in [5.41, 5.74) is -2.26. The highest BCUT2D eigenvalue weighted by Crippen LogP contribution is 2.49. The van der Waals surface area contributed by atoms with E-state index < -0.39 is 40.2 Å². The quantitative estimate of drug-likeness (QED) is 0.328. The zero-order chi connectivity index (χ0) is 27.6. The Bertz CT molecular complexity index is 1590. The van der Waals surface area contributed by atoms with E-state index in [0.717, 1.165) is 30.0 Å².